The third kappa shape index (κ3) is 29.5. The van der Waals surface area contributed by atoms with Crippen LogP contribution in [0.2, 0.25) is 0 Å². The molecule has 0 bridgehead atoms. The molecular weight excluding hydrogens is 959 g/mol. The van der Waals surface area contributed by atoms with E-state index in [0.717, 1.165) is 4.90 Å². The maximum atomic E-state index is 13.4. The predicted molar refractivity (Wildman–Crippen MR) is 265 cm³/mol. The molecule has 0 spiro atoms. The van der Waals surface area contributed by atoms with E-state index in [1.807, 2.05) is 0 Å². The molecule has 73 heavy (non-hydrogen) atoms. The van der Waals surface area contributed by atoms with Gasteiger partial charge in [0.25, 0.3) is 11.8 Å². The summed E-state index contributed by atoms with van der Waals surface area (Å²) in [6, 6.07) is 3.07. The second-order valence-electron chi connectivity index (χ2n) is 17.2. The lowest BCUT2D eigenvalue weighted by atomic mass is 10.0. The molecule has 0 saturated carbocycles. The van der Waals surface area contributed by atoms with Crippen LogP contribution in [-0.2, 0) is 98.8 Å². The van der Waals surface area contributed by atoms with Gasteiger partial charge in [-0.05, 0) is 36.1 Å². The summed E-state index contributed by atoms with van der Waals surface area (Å²) in [5, 5.41) is 8.19. The van der Waals surface area contributed by atoms with Crippen molar-refractivity contribution in [3.63, 3.8) is 0 Å². The zero-order valence-corrected chi connectivity index (χ0v) is 43.9. The number of esters is 1. The molecule has 1 aliphatic rings. The van der Waals surface area contributed by atoms with Gasteiger partial charge in [0.15, 0.2) is 0 Å². The van der Waals surface area contributed by atoms with E-state index >= 15 is 0 Å². The van der Waals surface area contributed by atoms with Crippen LogP contribution in [0.1, 0.15) is 58.6 Å². The van der Waals surface area contributed by atoms with Crippen LogP contribution in [0, 0.1) is 11.8 Å². The van der Waals surface area contributed by atoms with E-state index in [2.05, 4.69) is 16.0 Å². The first-order valence-electron chi connectivity index (χ1n) is 24.8. The Morgan fingerprint density at radius 1 is 0.575 bits per heavy atom. The predicted octanol–water partition coefficient (Wildman–Crippen LogP) is 1.43. The number of nitrogens with one attached hydrogen (secondary N) is 3. The number of ether oxygens (including phenoxy) is 11. The fourth-order valence-corrected chi connectivity index (χ4v) is 6.26. The molecule has 2 atom stereocenters. The molecule has 1 aliphatic heterocycles. The van der Waals surface area contributed by atoms with Gasteiger partial charge >= 0.3 is 5.97 Å². The molecular formula is C50H81N5O18. The van der Waals surface area contributed by atoms with E-state index in [4.69, 9.17) is 52.1 Å². The van der Waals surface area contributed by atoms with Crippen molar-refractivity contribution in [2.75, 3.05) is 152 Å². The van der Waals surface area contributed by atoms with Crippen LogP contribution < -0.4 is 16.0 Å². The van der Waals surface area contributed by atoms with Crippen molar-refractivity contribution < 1.29 is 85.7 Å². The Balaban J connectivity index is 1.70. The summed E-state index contributed by atoms with van der Waals surface area (Å²) in [5.74, 6) is -3.54. The van der Waals surface area contributed by atoms with Crippen molar-refractivity contribution in [3.05, 3.63) is 41.5 Å². The van der Waals surface area contributed by atoms with Gasteiger partial charge in [-0.2, -0.15) is 0 Å². The van der Waals surface area contributed by atoms with E-state index in [0.29, 0.717) is 103 Å². The minimum absolute atomic E-state index is 0.0333. The second-order valence-corrected chi connectivity index (χ2v) is 17.2. The zero-order valence-electron chi connectivity index (χ0n) is 43.9. The Morgan fingerprint density at radius 3 is 1.52 bits per heavy atom. The van der Waals surface area contributed by atoms with Gasteiger partial charge in [0, 0.05) is 45.0 Å². The van der Waals surface area contributed by atoms with Gasteiger partial charge in [-0.3, -0.25) is 38.5 Å². The fourth-order valence-electron chi connectivity index (χ4n) is 6.26. The summed E-state index contributed by atoms with van der Waals surface area (Å²) in [7, 11) is 3.26. The summed E-state index contributed by atoms with van der Waals surface area (Å²) >= 11 is 0. The summed E-state index contributed by atoms with van der Waals surface area (Å²) in [6.45, 7) is 15.7. The Bertz CT molecular complexity index is 1800. The van der Waals surface area contributed by atoms with Gasteiger partial charge in [-0.1, -0.05) is 33.8 Å². The van der Waals surface area contributed by atoms with Gasteiger partial charge in [0.05, 0.1) is 144 Å². The monoisotopic (exact) mass is 1040 g/mol. The Morgan fingerprint density at radius 2 is 1.04 bits per heavy atom. The maximum Gasteiger partial charge on any atom is 0.308 e. The Labute approximate surface area is 429 Å². The van der Waals surface area contributed by atoms with Crippen LogP contribution in [0.25, 0.3) is 0 Å². The summed E-state index contributed by atoms with van der Waals surface area (Å²) < 4.78 is 59.6. The number of benzene rings is 1. The van der Waals surface area contributed by atoms with Crippen LogP contribution in [-0.4, -0.2) is 210 Å². The second kappa shape index (κ2) is 39.5. The molecule has 6 amide bonds. The SMILES string of the molecule is COCCOCCOCCOCCOCCOCCOCCOCCC(=O)N(C)Cc1cc(NC(=O)[C@H](C)NC(=O)[C@@H](NC(=O)CCOCCOCCN2C(=O)C=CC2=O)C(C)C)ccc1COC(=O)C(C)C. The highest BCUT2D eigenvalue weighted by Crippen LogP contribution is 2.20. The lowest BCUT2D eigenvalue weighted by molar-refractivity contribution is -0.148. The number of hydrogen-bond donors (Lipinski definition) is 3. The maximum absolute atomic E-state index is 13.4. The molecule has 414 valence electrons. The molecule has 0 aromatic heterocycles. The topological polar surface area (TPSA) is 264 Å². The van der Waals surface area contributed by atoms with Crippen molar-refractivity contribution in [3.8, 4) is 0 Å². The molecule has 23 nitrogen and oxygen atoms in total. The van der Waals surface area contributed by atoms with Crippen LogP contribution in [0.3, 0.4) is 0 Å². The van der Waals surface area contributed by atoms with Gasteiger partial charge in [0.1, 0.15) is 18.7 Å². The van der Waals surface area contributed by atoms with Gasteiger partial charge < -0.3 is 73.0 Å². The fraction of sp³-hybridized carbons (Fsp3) is 0.700. The lowest BCUT2D eigenvalue weighted by Gasteiger charge is -2.24. The molecule has 23 heteroatoms. The van der Waals surface area contributed by atoms with E-state index in [1.165, 1.54) is 24.0 Å². The molecule has 0 aliphatic carbocycles. The molecule has 0 unspecified atom stereocenters. The normalized spacial score (nSPS) is 13.2. The third-order valence-electron chi connectivity index (χ3n) is 10.5. The van der Waals surface area contributed by atoms with Gasteiger partial charge in [0.2, 0.25) is 23.6 Å². The Kier molecular flexibility index (Phi) is 34.7. The average molecular weight is 1040 g/mol. The zero-order chi connectivity index (χ0) is 53.6. The lowest BCUT2D eigenvalue weighted by Crippen LogP contribution is -2.53. The van der Waals surface area contributed by atoms with Gasteiger partial charge in [-0.25, -0.2) is 0 Å². The average Bonchev–Trinajstić information content (AvgIpc) is 3.68. The van der Waals surface area contributed by atoms with Crippen LogP contribution in [0.5, 0.6) is 0 Å². The number of methoxy groups -OCH3 is 1. The summed E-state index contributed by atoms with van der Waals surface area (Å²) in [5.41, 5.74) is 1.64. The molecule has 0 radical (unpaired) electrons. The first kappa shape index (κ1) is 64.2. The van der Waals surface area contributed by atoms with E-state index in [9.17, 15) is 33.6 Å². The first-order chi connectivity index (χ1) is 35.1. The number of anilines is 1. The Hall–Kier alpha value is -4.95. The third-order valence-corrected chi connectivity index (χ3v) is 10.5. The van der Waals surface area contributed by atoms with Crippen LogP contribution >= 0.6 is 0 Å². The molecule has 1 aromatic rings. The number of hydrogen-bond acceptors (Lipinski definition) is 18. The van der Waals surface area contributed by atoms with Crippen molar-refractivity contribution >= 4 is 47.1 Å². The summed E-state index contributed by atoms with van der Waals surface area (Å²) in [4.78, 5) is 90.6. The highest BCUT2D eigenvalue weighted by atomic mass is 16.6. The number of amides is 6. The molecule has 0 saturated heterocycles. The quantitative estimate of drug-likeness (QED) is 0.0474. The smallest absolute Gasteiger partial charge is 0.308 e. The number of rotatable bonds is 44. The van der Waals surface area contributed by atoms with E-state index < -0.39 is 35.8 Å². The van der Waals surface area contributed by atoms with Crippen LogP contribution in [0.15, 0.2) is 30.4 Å². The number of carbonyl (C=O) groups is 7. The van der Waals surface area contributed by atoms with Crippen LogP contribution in [0.4, 0.5) is 5.69 Å². The highest BCUT2D eigenvalue weighted by Gasteiger charge is 2.27. The largest absolute Gasteiger partial charge is 0.461 e. The van der Waals surface area contributed by atoms with Crippen molar-refractivity contribution in [2.24, 2.45) is 11.8 Å². The van der Waals surface area contributed by atoms with Crippen molar-refractivity contribution in [2.45, 2.75) is 72.7 Å². The number of carbonyl (C=O) groups excluding carboxylic acids is 7. The summed E-state index contributed by atoms with van der Waals surface area (Å²) in [6.07, 6.45) is 2.47. The minimum Gasteiger partial charge on any atom is -0.461 e. The molecule has 0 fully saturated rings. The molecule has 2 rings (SSSR count). The highest BCUT2D eigenvalue weighted by molar-refractivity contribution is 6.12. The molecule has 1 aromatic carbocycles. The van der Waals surface area contributed by atoms with Crippen molar-refractivity contribution in [1.82, 2.24) is 20.4 Å². The van der Waals surface area contributed by atoms with E-state index in [-0.39, 0.29) is 102 Å². The standard InChI is InChI=1S/C50H81N5O18/c1-37(2)47(53-43(56)12-15-64-20-22-66-17-14-55-45(58)10-11-46(55)59)49(61)51-39(5)48(60)52-42-9-8-40(36-73-50(62)38(3)4)41(34-42)35-54(6)44(57)13-16-65-21-23-68-26-27-70-30-31-72-33-32-71-29-28-69-25-24-67-19-18-63-7/h8-11,34,37-39,47H,12-33,35-36H2,1-7H3,(H,51,61)(H,52,60)(H,53,56)/t39-,47-/m0/s1. The van der Waals surface area contributed by atoms with E-state index in [1.54, 1.807) is 60.1 Å². The van der Waals surface area contributed by atoms with Crippen molar-refractivity contribution in [1.29, 1.82) is 0 Å². The number of imide groups is 1. The first-order valence-corrected chi connectivity index (χ1v) is 24.8. The molecule has 3 N–H and O–H groups in total. The van der Waals surface area contributed by atoms with Gasteiger partial charge in [-0.15, -0.1) is 0 Å². The molecule has 1 heterocycles. The minimum atomic E-state index is -1.01. The number of nitrogens with zero attached hydrogens (tertiary/aromatic N) is 2.